The quantitative estimate of drug-likeness (QED) is 0.536. The van der Waals surface area contributed by atoms with Crippen molar-refractivity contribution >= 4 is 5.96 Å². The maximum absolute atomic E-state index is 5.45. The molecule has 0 bridgehead atoms. The van der Waals surface area contributed by atoms with Gasteiger partial charge >= 0.3 is 0 Å². The first kappa shape index (κ1) is 20.5. The number of aliphatic imine (C=N–C) groups is 1. The second kappa shape index (κ2) is 10.3. The highest BCUT2D eigenvalue weighted by molar-refractivity contribution is 5.80. The molecule has 0 aromatic carbocycles. The number of nitrogens with zero attached hydrogens (tertiary/aromatic N) is 3. The molecule has 2 heterocycles. The van der Waals surface area contributed by atoms with Gasteiger partial charge < -0.3 is 15.1 Å². The van der Waals surface area contributed by atoms with Gasteiger partial charge in [-0.2, -0.15) is 5.10 Å². The van der Waals surface area contributed by atoms with Crippen LogP contribution in [0.4, 0.5) is 0 Å². The standard InChI is InChI=1S/C22H35N5O/c1-4-20-19(21(5-2)27(3)26-20)16-24-22(25-17-10-7-6-8-11-17)23-14-13-18-12-9-15-28-18/h9,12,15,17H,4-8,10-11,13-14,16H2,1-3H3,(H2,23,24,25). The summed E-state index contributed by atoms with van der Waals surface area (Å²) in [5, 5.41) is 11.9. The van der Waals surface area contributed by atoms with Crippen LogP contribution in [-0.4, -0.2) is 28.3 Å². The number of nitrogens with one attached hydrogen (secondary N) is 2. The Hall–Kier alpha value is -2.24. The molecule has 0 amide bonds. The van der Waals surface area contributed by atoms with Crippen LogP contribution < -0.4 is 10.6 Å². The summed E-state index contributed by atoms with van der Waals surface area (Å²) in [6.45, 7) is 5.83. The van der Waals surface area contributed by atoms with Gasteiger partial charge in [0.15, 0.2) is 5.96 Å². The average molecular weight is 386 g/mol. The summed E-state index contributed by atoms with van der Waals surface area (Å²) in [6.07, 6.45) is 10.9. The van der Waals surface area contributed by atoms with Crippen molar-refractivity contribution in [3.63, 3.8) is 0 Å². The van der Waals surface area contributed by atoms with E-state index < -0.39 is 0 Å². The molecule has 0 atom stereocenters. The van der Waals surface area contributed by atoms with Crippen molar-refractivity contribution in [3.8, 4) is 0 Å². The van der Waals surface area contributed by atoms with Crippen LogP contribution in [-0.2, 0) is 32.9 Å². The van der Waals surface area contributed by atoms with Crippen LogP contribution in [0.2, 0.25) is 0 Å². The molecule has 0 radical (unpaired) electrons. The first-order valence-corrected chi connectivity index (χ1v) is 10.8. The maximum Gasteiger partial charge on any atom is 0.191 e. The van der Waals surface area contributed by atoms with Crippen molar-refractivity contribution in [2.75, 3.05) is 6.54 Å². The number of hydrogen-bond donors (Lipinski definition) is 2. The van der Waals surface area contributed by atoms with E-state index in [1.807, 2.05) is 23.9 Å². The number of rotatable bonds is 8. The smallest absolute Gasteiger partial charge is 0.191 e. The first-order valence-electron chi connectivity index (χ1n) is 10.8. The molecule has 0 spiro atoms. The van der Waals surface area contributed by atoms with Gasteiger partial charge in [0, 0.05) is 37.3 Å². The fourth-order valence-electron chi connectivity index (χ4n) is 4.08. The number of aromatic nitrogens is 2. The predicted molar refractivity (Wildman–Crippen MR) is 114 cm³/mol. The van der Waals surface area contributed by atoms with E-state index in [1.54, 1.807) is 6.26 Å². The van der Waals surface area contributed by atoms with Crippen LogP contribution >= 0.6 is 0 Å². The molecular weight excluding hydrogens is 350 g/mol. The Morgan fingerprint density at radius 2 is 2.07 bits per heavy atom. The highest BCUT2D eigenvalue weighted by atomic mass is 16.3. The van der Waals surface area contributed by atoms with Crippen LogP contribution in [0.25, 0.3) is 0 Å². The lowest BCUT2D eigenvalue weighted by atomic mass is 9.96. The summed E-state index contributed by atoms with van der Waals surface area (Å²) in [6, 6.07) is 4.48. The lowest BCUT2D eigenvalue weighted by molar-refractivity contribution is 0.409. The van der Waals surface area contributed by atoms with Crippen LogP contribution in [0.15, 0.2) is 27.8 Å². The average Bonchev–Trinajstić information content (AvgIpc) is 3.33. The van der Waals surface area contributed by atoms with E-state index >= 15 is 0 Å². The highest BCUT2D eigenvalue weighted by Gasteiger charge is 2.16. The van der Waals surface area contributed by atoms with Crippen LogP contribution in [0.3, 0.4) is 0 Å². The van der Waals surface area contributed by atoms with Gasteiger partial charge in [0.25, 0.3) is 0 Å². The van der Waals surface area contributed by atoms with Crippen molar-refractivity contribution < 1.29 is 4.42 Å². The molecule has 0 aliphatic heterocycles. The fraction of sp³-hybridized carbons (Fsp3) is 0.636. The third kappa shape index (κ3) is 5.40. The van der Waals surface area contributed by atoms with Crippen LogP contribution in [0.1, 0.15) is 68.7 Å². The zero-order chi connectivity index (χ0) is 19.8. The number of furan rings is 1. The van der Waals surface area contributed by atoms with Crippen LogP contribution in [0, 0.1) is 0 Å². The highest BCUT2D eigenvalue weighted by Crippen LogP contribution is 2.18. The van der Waals surface area contributed by atoms with Crippen molar-refractivity contribution in [2.45, 2.75) is 77.8 Å². The number of aryl methyl sites for hydroxylation is 2. The lowest BCUT2D eigenvalue weighted by Gasteiger charge is -2.25. The topological polar surface area (TPSA) is 67.4 Å². The van der Waals surface area contributed by atoms with Gasteiger partial charge in [0.2, 0.25) is 0 Å². The maximum atomic E-state index is 5.45. The van der Waals surface area contributed by atoms with E-state index in [4.69, 9.17) is 9.41 Å². The van der Waals surface area contributed by atoms with Gasteiger partial charge in [0.1, 0.15) is 5.76 Å². The molecule has 0 saturated heterocycles. The SMILES string of the molecule is CCc1nn(C)c(CC)c1CN=C(NCCc1ccco1)NC1CCCCC1. The Morgan fingerprint density at radius 3 is 2.75 bits per heavy atom. The summed E-state index contributed by atoms with van der Waals surface area (Å²) < 4.78 is 7.46. The van der Waals surface area contributed by atoms with E-state index in [0.29, 0.717) is 12.6 Å². The summed E-state index contributed by atoms with van der Waals surface area (Å²) in [7, 11) is 2.04. The van der Waals surface area contributed by atoms with Crippen LogP contribution in [0.5, 0.6) is 0 Å². The van der Waals surface area contributed by atoms with E-state index in [0.717, 1.165) is 43.2 Å². The summed E-state index contributed by atoms with van der Waals surface area (Å²) in [4.78, 5) is 4.95. The summed E-state index contributed by atoms with van der Waals surface area (Å²) in [5.41, 5.74) is 3.73. The van der Waals surface area contributed by atoms with Gasteiger partial charge in [-0.1, -0.05) is 33.1 Å². The molecule has 2 N–H and O–H groups in total. The zero-order valence-corrected chi connectivity index (χ0v) is 17.6. The summed E-state index contributed by atoms with van der Waals surface area (Å²) in [5.74, 6) is 1.91. The molecule has 6 heteroatoms. The van der Waals surface area contributed by atoms with Crippen molar-refractivity contribution in [1.29, 1.82) is 0 Å². The van der Waals surface area contributed by atoms with E-state index in [1.165, 1.54) is 43.4 Å². The Labute approximate surface area is 168 Å². The minimum Gasteiger partial charge on any atom is -0.469 e. The number of guanidine groups is 1. The lowest BCUT2D eigenvalue weighted by Crippen LogP contribution is -2.44. The Bertz CT molecular complexity index is 741. The van der Waals surface area contributed by atoms with Gasteiger partial charge in [-0.15, -0.1) is 0 Å². The molecule has 28 heavy (non-hydrogen) atoms. The molecule has 1 fully saturated rings. The second-order valence-corrected chi connectivity index (χ2v) is 7.60. The largest absolute Gasteiger partial charge is 0.469 e. The molecule has 1 saturated carbocycles. The van der Waals surface area contributed by atoms with E-state index in [2.05, 4.69) is 29.6 Å². The van der Waals surface area contributed by atoms with Gasteiger partial charge in [-0.05, 0) is 37.8 Å². The zero-order valence-electron chi connectivity index (χ0n) is 17.6. The van der Waals surface area contributed by atoms with Gasteiger partial charge in [-0.25, -0.2) is 4.99 Å². The molecule has 3 rings (SSSR count). The van der Waals surface area contributed by atoms with E-state index in [-0.39, 0.29) is 0 Å². The predicted octanol–water partition coefficient (Wildman–Crippen LogP) is 3.75. The van der Waals surface area contributed by atoms with Crippen molar-refractivity contribution in [3.05, 3.63) is 41.1 Å². The van der Waals surface area contributed by atoms with Gasteiger partial charge in [0.05, 0.1) is 18.5 Å². The Kier molecular flexibility index (Phi) is 7.57. The molecule has 6 nitrogen and oxygen atoms in total. The third-order valence-electron chi connectivity index (χ3n) is 5.61. The second-order valence-electron chi connectivity index (χ2n) is 7.60. The van der Waals surface area contributed by atoms with Crippen molar-refractivity contribution in [2.24, 2.45) is 12.0 Å². The molecule has 154 valence electrons. The van der Waals surface area contributed by atoms with E-state index in [9.17, 15) is 0 Å². The molecule has 2 aromatic rings. The third-order valence-corrected chi connectivity index (χ3v) is 5.61. The molecule has 2 aromatic heterocycles. The summed E-state index contributed by atoms with van der Waals surface area (Å²) >= 11 is 0. The molecular formula is C22H35N5O. The molecule has 1 aliphatic carbocycles. The molecule has 0 unspecified atom stereocenters. The van der Waals surface area contributed by atoms with Gasteiger partial charge in [-0.3, -0.25) is 4.68 Å². The minimum absolute atomic E-state index is 0.522. The van der Waals surface area contributed by atoms with Crippen molar-refractivity contribution in [1.82, 2.24) is 20.4 Å². The molecule has 1 aliphatic rings. The minimum atomic E-state index is 0.522. The Morgan fingerprint density at radius 1 is 1.25 bits per heavy atom. The number of hydrogen-bond acceptors (Lipinski definition) is 3. The first-order chi connectivity index (χ1) is 13.7. The normalized spacial score (nSPS) is 15.8. The monoisotopic (exact) mass is 385 g/mol. The fourth-order valence-corrected chi connectivity index (χ4v) is 4.08. The Balaban J connectivity index is 1.69.